The van der Waals surface area contributed by atoms with Gasteiger partial charge in [0.2, 0.25) is 5.91 Å². The van der Waals surface area contributed by atoms with E-state index in [1.807, 2.05) is 0 Å². The van der Waals surface area contributed by atoms with E-state index >= 15 is 0 Å². The van der Waals surface area contributed by atoms with E-state index in [4.69, 9.17) is 17.3 Å². The molecular weight excluding hydrogens is 252 g/mol. The molecule has 0 radical (unpaired) electrons. The summed E-state index contributed by atoms with van der Waals surface area (Å²) in [6, 6.07) is 4.80. The molecule has 0 saturated carbocycles. The van der Waals surface area contributed by atoms with Gasteiger partial charge in [-0.1, -0.05) is 13.8 Å². The molecule has 4 nitrogen and oxygen atoms in total. The molecule has 0 heterocycles. The molecule has 0 atom stereocenters. The number of amides is 1. The van der Waals surface area contributed by atoms with Crippen molar-refractivity contribution in [2.24, 2.45) is 5.41 Å². The summed E-state index contributed by atoms with van der Waals surface area (Å²) in [7, 11) is 0. The van der Waals surface area contributed by atoms with Gasteiger partial charge in [-0.25, -0.2) is 0 Å². The Morgan fingerprint density at radius 1 is 1.39 bits per heavy atom. The van der Waals surface area contributed by atoms with Gasteiger partial charge in [0.1, 0.15) is 0 Å². The van der Waals surface area contributed by atoms with Gasteiger partial charge in [-0.3, -0.25) is 9.59 Å². The van der Waals surface area contributed by atoms with Gasteiger partial charge in [-0.2, -0.15) is 0 Å². The Balaban J connectivity index is 3.23. The molecule has 0 aliphatic heterocycles. The lowest BCUT2D eigenvalue weighted by Crippen LogP contribution is -2.27. The number of halogens is 1. The Morgan fingerprint density at radius 2 is 2.00 bits per heavy atom. The Labute approximate surface area is 112 Å². The predicted molar refractivity (Wildman–Crippen MR) is 74.0 cm³/mol. The smallest absolute Gasteiger partial charge is 0.221 e. The lowest BCUT2D eigenvalue weighted by molar-refractivity contribution is -0.114. The number of ketones is 1. The second-order valence-corrected chi connectivity index (χ2v) is 5.10. The normalized spacial score (nSPS) is 11.1. The SMILES string of the molecule is CC(=O)Nc1cc(N)ccc1C(=O)C(C)(C)CCl. The van der Waals surface area contributed by atoms with E-state index < -0.39 is 5.41 Å². The van der Waals surface area contributed by atoms with Crippen LogP contribution in [0, 0.1) is 5.41 Å². The summed E-state index contributed by atoms with van der Waals surface area (Å²) in [6.07, 6.45) is 0. The number of nitrogens with one attached hydrogen (secondary N) is 1. The van der Waals surface area contributed by atoms with Crippen molar-refractivity contribution in [3.63, 3.8) is 0 Å². The van der Waals surface area contributed by atoms with Gasteiger partial charge in [0.25, 0.3) is 0 Å². The Hall–Kier alpha value is -1.55. The molecule has 1 aromatic carbocycles. The molecule has 0 aromatic heterocycles. The molecule has 3 N–H and O–H groups in total. The highest BCUT2D eigenvalue weighted by Gasteiger charge is 2.29. The summed E-state index contributed by atoms with van der Waals surface area (Å²) < 4.78 is 0. The molecule has 1 rings (SSSR count). The molecule has 0 saturated heterocycles. The van der Waals surface area contributed by atoms with Crippen molar-refractivity contribution < 1.29 is 9.59 Å². The zero-order chi connectivity index (χ0) is 13.9. The van der Waals surface area contributed by atoms with Crippen molar-refractivity contribution in [3.05, 3.63) is 23.8 Å². The number of carbonyl (C=O) groups excluding carboxylic acids is 2. The van der Waals surface area contributed by atoms with Gasteiger partial charge in [0, 0.05) is 29.5 Å². The van der Waals surface area contributed by atoms with Crippen LogP contribution in [0.1, 0.15) is 31.1 Å². The van der Waals surface area contributed by atoms with Crippen LogP contribution in [-0.2, 0) is 4.79 Å². The van der Waals surface area contributed by atoms with E-state index in [1.165, 1.54) is 6.92 Å². The van der Waals surface area contributed by atoms with Crippen LogP contribution in [0.25, 0.3) is 0 Å². The third-order valence-electron chi connectivity index (χ3n) is 2.55. The maximum absolute atomic E-state index is 12.3. The van der Waals surface area contributed by atoms with Crippen molar-refractivity contribution in [3.8, 4) is 0 Å². The number of nitrogens with two attached hydrogens (primary N) is 1. The fourth-order valence-electron chi connectivity index (χ4n) is 1.48. The largest absolute Gasteiger partial charge is 0.399 e. The van der Waals surface area contributed by atoms with Crippen molar-refractivity contribution >= 4 is 34.7 Å². The van der Waals surface area contributed by atoms with Crippen LogP contribution in [0.2, 0.25) is 0 Å². The minimum absolute atomic E-state index is 0.124. The number of hydrogen-bond donors (Lipinski definition) is 2. The van der Waals surface area contributed by atoms with Gasteiger partial charge < -0.3 is 11.1 Å². The lowest BCUT2D eigenvalue weighted by Gasteiger charge is -2.21. The second-order valence-electron chi connectivity index (χ2n) is 4.83. The molecule has 18 heavy (non-hydrogen) atoms. The van der Waals surface area contributed by atoms with Gasteiger partial charge in [0.15, 0.2) is 5.78 Å². The zero-order valence-corrected chi connectivity index (χ0v) is 11.5. The molecular formula is C13H17ClN2O2. The summed E-state index contributed by atoms with van der Waals surface area (Å²) in [5.74, 6) is -0.171. The minimum Gasteiger partial charge on any atom is -0.399 e. The molecule has 0 bridgehead atoms. The average Bonchev–Trinajstić information content (AvgIpc) is 2.27. The van der Waals surface area contributed by atoms with Crippen LogP contribution in [0.4, 0.5) is 11.4 Å². The van der Waals surface area contributed by atoms with Crippen LogP contribution in [0.3, 0.4) is 0 Å². The summed E-state index contributed by atoms with van der Waals surface area (Å²) in [6.45, 7) is 4.90. The van der Waals surface area contributed by atoms with Gasteiger partial charge >= 0.3 is 0 Å². The first kappa shape index (κ1) is 14.5. The third-order valence-corrected chi connectivity index (χ3v) is 3.22. The Kier molecular flexibility index (Phi) is 4.35. The summed E-state index contributed by atoms with van der Waals surface area (Å²) in [5.41, 5.74) is 6.30. The van der Waals surface area contributed by atoms with Gasteiger partial charge in [-0.15, -0.1) is 11.6 Å². The third kappa shape index (κ3) is 3.23. The van der Waals surface area contributed by atoms with E-state index in [0.29, 0.717) is 16.9 Å². The molecule has 5 heteroatoms. The quantitative estimate of drug-likeness (QED) is 0.501. The van der Waals surface area contributed by atoms with E-state index in [-0.39, 0.29) is 17.6 Å². The fourth-order valence-corrected chi connectivity index (χ4v) is 1.60. The van der Waals surface area contributed by atoms with Crippen molar-refractivity contribution in [1.29, 1.82) is 0 Å². The van der Waals surface area contributed by atoms with E-state index in [0.717, 1.165) is 0 Å². The van der Waals surface area contributed by atoms with E-state index in [1.54, 1.807) is 32.0 Å². The van der Waals surface area contributed by atoms with Crippen LogP contribution < -0.4 is 11.1 Å². The first-order valence-electron chi connectivity index (χ1n) is 5.56. The number of carbonyl (C=O) groups is 2. The first-order valence-corrected chi connectivity index (χ1v) is 6.09. The molecule has 1 aromatic rings. The van der Waals surface area contributed by atoms with Crippen LogP contribution >= 0.6 is 11.6 Å². The maximum atomic E-state index is 12.3. The second kappa shape index (κ2) is 5.40. The first-order chi connectivity index (χ1) is 8.27. The van der Waals surface area contributed by atoms with Crippen molar-refractivity contribution in [2.75, 3.05) is 16.9 Å². The Bertz CT molecular complexity index is 484. The Morgan fingerprint density at radius 3 is 2.50 bits per heavy atom. The number of hydrogen-bond acceptors (Lipinski definition) is 3. The molecule has 1 amide bonds. The molecule has 0 aliphatic carbocycles. The number of anilines is 2. The number of Topliss-reactive ketones (excluding diaryl/α,β-unsaturated/α-hetero) is 1. The summed E-state index contributed by atoms with van der Waals surface area (Å²) in [4.78, 5) is 23.5. The number of benzene rings is 1. The predicted octanol–water partition coefficient (Wildman–Crippen LogP) is 2.67. The molecule has 0 aliphatic rings. The average molecular weight is 269 g/mol. The summed E-state index contributed by atoms with van der Waals surface area (Å²) in [5, 5.41) is 2.61. The highest BCUT2D eigenvalue weighted by molar-refractivity contribution is 6.21. The van der Waals surface area contributed by atoms with Crippen LogP contribution in [-0.4, -0.2) is 17.6 Å². The number of nitrogen functional groups attached to an aromatic ring is 1. The van der Waals surface area contributed by atoms with E-state index in [2.05, 4.69) is 5.32 Å². The fraction of sp³-hybridized carbons (Fsp3) is 0.385. The highest BCUT2D eigenvalue weighted by atomic mass is 35.5. The van der Waals surface area contributed by atoms with Gasteiger partial charge in [-0.05, 0) is 18.2 Å². The number of alkyl halides is 1. The van der Waals surface area contributed by atoms with Gasteiger partial charge in [0.05, 0.1) is 5.69 Å². The summed E-state index contributed by atoms with van der Waals surface area (Å²) >= 11 is 5.79. The standard InChI is InChI=1S/C13H17ClN2O2/c1-8(17)16-11-6-9(15)4-5-10(11)12(18)13(2,3)7-14/h4-6H,7,15H2,1-3H3,(H,16,17). The lowest BCUT2D eigenvalue weighted by atomic mass is 9.85. The van der Waals surface area contributed by atoms with Crippen molar-refractivity contribution in [1.82, 2.24) is 0 Å². The molecule has 98 valence electrons. The highest BCUT2D eigenvalue weighted by Crippen LogP contribution is 2.29. The molecule has 0 fully saturated rings. The van der Waals surface area contributed by atoms with Crippen molar-refractivity contribution in [2.45, 2.75) is 20.8 Å². The molecule has 0 unspecified atom stereocenters. The van der Waals surface area contributed by atoms with Crippen LogP contribution in [0.15, 0.2) is 18.2 Å². The monoisotopic (exact) mass is 268 g/mol. The van der Waals surface area contributed by atoms with E-state index in [9.17, 15) is 9.59 Å². The van der Waals surface area contributed by atoms with Crippen LogP contribution in [0.5, 0.6) is 0 Å². The number of rotatable bonds is 4. The maximum Gasteiger partial charge on any atom is 0.221 e. The minimum atomic E-state index is -0.690. The molecule has 0 spiro atoms. The zero-order valence-electron chi connectivity index (χ0n) is 10.7. The topological polar surface area (TPSA) is 72.2 Å².